The Bertz CT molecular complexity index is 382. The Morgan fingerprint density at radius 2 is 2.00 bits per heavy atom. The zero-order valence-corrected chi connectivity index (χ0v) is 9.91. The van der Waals surface area contributed by atoms with Crippen molar-refractivity contribution >= 4 is 0 Å². The number of benzene rings is 1. The quantitative estimate of drug-likeness (QED) is 0.768. The average Bonchev–Trinajstić information content (AvgIpc) is 2.35. The molecule has 0 heterocycles. The van der Waals surface area contributed by atoms with Gasteiger partial charge in [-0.05, 0) is 24.2 Å². The molecule has 0 spiro atoms. The third kappa shape index (κ3) is 2.68. The van der Waals surface area contributed by atoms with E-state index >= 15 is 0 Å². The number of nitrogens with one attached hydrogen (secondary N) is 1. The molecule has 1 N–H and O–H groups in total. The standard InChI is InChI=1S/C13H17NO2/c1-5-11(14-6-2)10-7-8-12(15-3)13(9-10)16-4/h1,7-9,11,14H,6H2,2-4H3. The molecule has 1 unspecified atom stereocenters. The van der Waals surface area contributed by atoms with E-state index in [1.165, 1.54) is 0 Å². The number of hydrogen-bond acceptors (Lipinski definition) is 3. The molecule has 16 heavy (non-hydrogen) atoms. The summed E-state index contributed by atoms with van der Waals surface area (Å²) in [5, 5.41) is 3.20. The highest BCUT2D eigenvalue weighted by Crippen LogP contribution is 2.29. The second-order valence-electron chi connectivity index (χ2n) is 3.27. The average molecular weight is 219 g/mol. The van der Waals surface area contributed by atoms with Gasteiger partial charge in [0.15, 0.2) is 11.5 Å². The van der Waals surface area contributed by atoms with E-state index in [-0.39, 0.29) is 6.04 Å². The molecule has 1 aromatic carbocycles. The zero-order valence-electron chi connectivity index (χ0n) is 9.91. The van der Waals surface area contributed by atoms with Crippen molar-refractivity contribution < 1.29 is 9.47 Å². The van der Waals surface area contributed by atoms with Gasteiger partial charge < -0.3 is 14.8 Å². The maximum absolute atomic E-state index is 5.47. The van der Waals surface area contributed by atoms with Crippen molar-refractivity contribution in [2.24, 2.45) is 0 Å². The molecular formula is C13H17NO2. The highest BCUT2D eigenvalue weighted by atomic mass is 16.5. The van der Waals surface area contributed by atoms with Crippen LogP contribution in [0.25, 0.3) is 0 Å². The van der Waals surface area contributed by atoms with Crippen LogP contribution < -0.4 is 14.8 Å². The van der Waals surface area contributed by atoms with E-state index in [0.29, 0.717) is 11.5 Å². The molecule has 1 rings (SSSR count). The van der Waals surface area contributed by atoms with E-state index < -0.39 is 0 Å². The van der Waals surface area contributed by atoms with E-state index in [0.717, 1.165) is 12.1 Å². The lowest BCUT2D eigenvalue weighted by Crippen LogP contribution is -2.19. The summed E-state index contributed by atoms with van der Waals surface area (Å²) in [6.45, 7) is 2.84. The van der Waals surface area contributed by atoms with Crippen molar-refractivity contribution in [2.75, 3.05) is 20.8 Å². The minimum Gasteiger partial charge on any atom is -0.493 e. The van der Waals surface area contributed by atoms with Crippen LogP contribution >= 0.6 is 0 Å². The summed E-state index contributed by atoms with van der Waals surface area (Å²) in [5.74, 6) is 4.10. The molecule has 0 bridgehead atoms. The molecule has 0 aliphatic heterocycles. The van der Waals surface area contributed by atoms with E-state index in [9.17, 15) is 0 Å². The van der Waals surface area contributed by atoms with Crippen LogP contribution in [0.5, 0.6) is 11.5 Å². The first-order valence-corrected chi connectivity index (χ1v) is 5.18. The fraction of sp³-hybridized carbons (Fsp3) is 0.385. The fourth-order valence-corrected chi connectivity index (χ4v) is 1.51. The van der Waals surface area contributed by atoms with Gasteiger partial charge in [-0.25, -0.2) is 0 Å². The van der Waals surface area contributed by atoms with Gasteiger partial charge >= 0.3 is 0 Å². The molecule has 0 saturated carbocycles. The molecule has 0 amide bonds. The number of rotatable bonds is 5. The van der Waals surface area contributed by atoms with E-state index in [2.05, 4.69) is 11.2 Å². The second kappa shape index (κ2) is 6.04. The van der Waals surface area contributed by atoms with Gasteiger partial charge in [0.25, 0.3) is 0 Å². The predicted molar refractivity (Wildman–Crippen MR) is 64.8 cm³/mol. The Labute approximate surface area is 96.8 Å². The van der Waals surface area contributed by atoms with Crippen molar-refractivity contribution in [3.8, 4) is 23.8 Å². The first kappa shape index (κ1) is 12.4. The van der Waals surface area contributed by atoms with Crippen LogP contribution in [0.4, 0.5) is 0 Å². The van der Waals surface area contributed by atoms with Gasteiger partial charge in [0.1, 0.15) is 0 Å². The topological polar surface area (TPSA) is 30.5 Å². The fourth-order valence-electron chi connectivity index (χ4n) is 1.51. The van der Waals surface area contributed by atoms with Gasteiger partial charge in [-0.15, -0.1) is 6.42 Å². The summed E-state index contributed by atoms with van der Waals surface area (Å²) in [4.78, 5) is 0. The first-order chi connectivity index (χ1) is 7.76. The van der Waals surface area contributed by atoms with Crippen LogP contribution in [0, 0.1) is 12.3 Å². The molecule has 0 saturated heterocycles. The van der Waals surface area contributed by atoms with Crippen LogP contribution in [-0.4, -0.2) is 20.8 Å². The monoisotopic (exact) mass is 219 g/mol. The first-order valence-electron chi connectivity index (χ1n) is 5.18. The van der Waals surface area contributed by atoms with Crippen molar-refractivity contribution in [1.82, 2.24) is 5.32 Å². The molecule has 1 atom stereocenters. The lowest BCUT2D eigenvalue weighted by molar-refractivity contribution is 0.354. The number of ether oxygens (including phenoxy) is 2. The molecule has 0 fully saturated rings. The van der Waals surface area contributed by atoms with Gasteiger partial charge in [0, 0.05) is 0 Å². The number of methoxy groups -OCH3 is 2. The molecule has 0 aliphatic rings. The Kier molecular flexibility index (Phi) is 4.68. The van der Waals surface area contributed by atoms with Crippen LogP contribution in [0.2, 0.25) is 0 Å². The third-order valence-corrected chi connectivity index (χ3v) is 2.32. The highest BCUT2D eigenvalue weighted by molar-refractivity contribution is 5.45. The maximum Gasteiger partial charge on any atom is 0.161 e. The molecule has 0 radical (unpaired) electrons. The van der Waals surface area contributed by atoms with Gasteiger partial charge in [0.2, 0.25) is 0 Å². The van der Waals surface area contributed by atoms with Gasteiger partial charge in [0.05, 0.1) is 20.3 Å². The van der Waals surface area contributed by atoms with Crippen LogP contribution in [-0.2, 0) is 0 Å². The molecule has 86 valence electrons. The summed E-state index contributed by atoms with van der Waals surface area (Å²) < 4.78 is 10.4. The minimum atomic E-state index is -0.0928. The van der Waals surface area contributed by atoms with Gasteiger partial charge in [-0.1, -0.05) is 18.9 Å². The molecule has 0 aromatic heterocycles. The number of hydrogen-bond donors (Lipinski definition) is 1. The van der Waals surface area contributed by atoms with E-state index in [1.807, 2.05) is 25.1 Å². The van der Waals surface area contributed by atoms with Gasteiger partial charge in [-0.2, -0.15) is 0 Å². The van der Waals surface area contributed by atoms with Crippen molar-refractivity contribution in [1.29, 1.82) is 0 Å². The normalized spacial score (nSPS) is 11.6. The lowest BCUT2D eigenvalue weighted by Gasteiger charge is -2.14. The summed E-state index contributed by atoms with van der Waals surface area (Å²) in [7, 11) is 3.22. The Morgan fingerprint density at radius 1 is 1.31 bits per heavy atom. The number of terminal acetylenes is 1. The summed E-state index contributed by atoms with van der Waals surface area (Å²) >= 11 is 0. The molecule has 3 nitrogen and oxygen atoms in total. The largest absolute Gasteiger partial charge is 0.493 e. The molecule has 1 aromatic rings. The van der Waals surface area contributed by atoms with Crippen molar-refractivity contribution in [3.63, 3.8) is 0 Å². The lowest BCUT2D eigenvalue weighted by atomic mass is 10.1. The Balaban J connectivity index is 3.02. The van der Waals surface area contributed by atoms with E-state index in [1.54, 1.807) is 14.2 Å². The van der Waals surface area contributed by atoms with Crippen molar-refractivity contribution in [2.45, 2.75) is 13.0 Å². The third-order valence-electron chi connectivity index (χ3n) is 2.32. The summed E-state index contributed by atoms with van der Waals surface area (Å²) in [6, 6.07) is 5.60. The predicted octanol–water partition coefficient (Wildman–Crippen LogP) is 1.99. The molecular weight excluding hydrogens is 202 g/mol. The van der Waals surface area contributed by atoms with Crippen LogP contribution in [0.1, 0.15) is 18.5 Å². The molecule has 3 heteroatoms. The van der Waals surface area contributed by atoms with E-state index in [4.69, 9.17) is 15.9 Å². The smallest absolute Gasteiger partial charge is 0.161 e. The SMILES string of the molecule is C#CC(NCC)c1ccc(OC)c(OC)c1. The Hall–Kier alpha value is -1.66. The maximum atomic E-state index is 5.47. The molecule has 0 aliphatic carbocycles. The summed E-state index contributed by atoms with van der Waals surface area (Å²) in [6.07, 6.45) is 5.47. The zero-order chi connectivity index (χ0) is 12.0. The van der Waals surface area contributed by atoms with Crippen LogP contribution in [0.15, 0.2) is 18.2 Å². The Morgan fingerprint density at radius 3 is 2.50 bits per heavy atom. The van der Waals surface area contributed by atoms with Gasteiger partial charge in [-0.3, -0.25) is 0 Å². The second-order valence-corrected chi connectivity index (χ2v) is 3.27. The summed E-state index contributed by atoms with van der Waals surface area (Å²) in [5.41, 5.74) is 1.00. The van der Waals surface area contributed by atoms with Crippen LogP contribution in [0.3, 0.4) is 0 Å². The van der Waals surface area contributed by atoms with Crippen molar-refractivity contribution in [3.05, 3.63) is 23.8 Å². The minimum absolute atomic E-state index is 0.0928. The highest BCUT2D eigenvalue weighted by Gasteiger charge is 2.10.